The molecule has 2 unspecified atom stereocenters. The lowest BCUT2D eigenvalue weighted by atomic mass is 10.0. The first kappa shape index (κ1) is 23.5. The quantitative estimate of drug-likeness (QED) is 0.333. The van der Waals surface area contributed by atoms with Gasteiger partial charge in [0.05, 0.1) is 20.2 Å². The third kappa shape index (κ3) is 9.14. The van der Waals surface area contributed by atoms with Crippen LogP contribution in [0.5, 0.6) is 0 Å². The molecule has 0 aromatic rings. The van der Waals surface area contributed by atoms with E-state index in [2.05, 4.69) is 20.7 Å². The number of hydrogen-bond acceptors (Lipinski definition) is 6. The summed E-state index contributed by atoms with van der Waals surface area (Å²) in [6, 6.07) is -0.726. The van der Waals surface area contributed by atoms with Crippen LogP contribution in [0.2, 0.25) is 0 Å². The predicted molar refractivity (Wildman–Crippen MR) is 93.9 cm³/mol. The summed E-state index contributed by atoms with van der Waals surface area (Å²) < 4.78 is 4.45. The Morgan fingerprint density at radius 1 is 0.923 bits per heavy atom. The Kier molecular flexibility index (Phi) is 10.9. The summed E-state index contributed by atoms with van der Waals surface area (Å²) in [4.78, 5) is 58.4. The van der Waals surface area contributed by atoms with E-state index in [1.165, 1.54) is 14.0 Å². The molecule has 148 valence electrons. The second kappa shape index (κ2) is 12.0. The number of amides is 3. The van der Waals surface area contributed by atoms with Crippen LogP contribution in [0.1, 0.15) is 40.5 Å². The third-order valence-corrected chi connectivity index (χ3v) is 3.60. The minimum atomic E-state index is -0.977. The molecule has 9 nitrogen and oxygen atoms in total. The molecule has 0 aliphatic carbocycles. The summed E-state index contributed by atoms with van der Waals surface area (Å²) in [6.07, 6.45) is 0.692. The Labute approximate surface area is 153 Å². The highest BCUT2D eigenvalue weighted by atomic mass is 16.5. The fraction of sp³-hybridized carbons (Fsp3) is 0.706. The van der Waals surface area contributed by atoms with Gasteiger partial charge in [0, 0.05) is 6.42 Å². The largest absolute Gasteiger partial charge is 0.468 e. The predicted octanol–water partition coefficient (Wildman–Crippen LogP) is -0.462. The van der Waals surface area contributed by atoms with Crippen molar-refractivity contribution in [3.05, 3.63) is 0 Å². The molecule has 0 aromatic heterocycles. The van der Waals surface area contributed by atoms with Gasteiger partial charge in [0.2, 0.25) is 17.7 Å². The molecular formula is C17H29N3O6. The lowest BCUT2D eigenvalue weighted by molar-refractivity contribution is -0.148. The molecule has 9 heteroatoms. The van der Waals surface area contributed by atoms with Crippen LogP contribution in [0.4, 0.5) is 0 Å². The average molecular weight is 371 g/mol. The Morgan fingerprint density at radius 2 is 1.54 bits per heavy atom. The second-order valence-electron chi connectivity index (χ2n) is 6.31. The number of esters is 1. The zero-order valence-electron chi connectivity index (χ0n) is 16.0. The topological polar surface area (TPSA) is 131 Å². The van der Waals surface area contributed by atoms with Crippen molar-refractivity contribution in [3.8, 4) is 0 Å². The minimum absolute atomic E-state index is 0.175. The van der Waals surface area contributed by atoms with Gasteiger partial charge in [-0.05, 0) is 19.3 Å². The molecule has 3 amide bonds. The van der Waals surface area contributed by atoms with Gasteiger partial charge in [-0.15, -0.1) is 0 Å². The monoisotopic (exact) mass is 371 g/mol. The van der Waals surface area contributed by atoms with Crippen molar-refractivity contribution in [1.82, 2.24) is 16.0 Å². The van der Waals surface area contributed by atoms with E-state index < -0.39 is 35.5 Å². The van der Waals surface area contributed by atoms with Crippen molar-refractivity contribution in [2.24, 2.45) is 11.8 Å². The average Bonchev–Trinajstić information content (AvgIpc) is 2.61. The maximum atomic E-state index is 12.2. The fourth-order valence-electron chi connectivity index (χ4n) is 2.00. The van der Waals surface area contributed by atoms with Crippen LogP contribution in [0, 0.1) is 11.8 Å². The van der Waals surface area contributed by atoms with Crippen LogP contribution in [0.3, 0.4) is 0 Å². The van der Waals surface area contributed by atoms with E-state index in [1.807, 2.05) is 13.8 Å². The van der Waals surface area contributed by atoms with Gasteiger partial charge in [0.15, 0.2) is 5.78 Å². The molecule has 0 aliphatic rings. The molecule has 0 bridgehead atoms. The SMILES string of the molecule is CCC(=O)NC(CC(C)C)C(=O)NCC(=O)NCC(=O)C(C)C(=O)OC. The van der Waals surface area contributed by atoms with Crippen LogP contribution in [0.25, 0.3) is 0 Å². The van der Waals surface area contributed by atoms with Crippen molar-refractivity contribution in [2.75, 3.05) is 20.2 Å². The summed E-state index contributed by atoms with van der Waals surface area (Å²) in [6.45, 7) is 6.22. The van der Waals surface area contributed by atoms with Gasteiger partial charge >= 0.3 is 5.97 Å². The molecule has 0 rings (SSSR count). The molecule has 0 spiro atoms. The van der Waals surface area contributed by atoms with Gasteiger partial charge in [-0.2, -0.15) is 0 Å². The highest BCUT2D eigenvalue weighted by Crippen LogP contribution is 2.05. The first-order valence-electron chi connectivity index (χ1n) is 8.56. The van der Waals surface area contributed by atoms with Crippen molar-refractivity contribution < 1.29 is 28.7 Å². The number of nitrogens with one attached hydrogen (secondary N) is 3. The molecule has 0 saturated heterocycles. The molecule has 0 saturated carbocycles. The first-order valence-corrected chi connectivity index (χ1v) is 8.56. The maximum absolute atomic E-state index is 12.2. The zero-order valence-corrected chi connectivity index (χ0v) is 16.0. The van der Waals surface area contributed by atoms with E-state index in [0.29, 0.717) is 6.42 Å². The van der Waals surface area contributed by atoms with E-state index in [4.69, 9.17) is 0 Å². The van der Waals surface area contributed by atoms with Gasteiger partial charge in [-0.25, -0.2) is 0 Å². The molecule has 0 aromatic carbocycles. The second-order valence-corrected chi connectivity index (χ2v) is 6.31. The van der Waals surface area contributed by atoms with Gasteiger partial charge in [-0.3, -0.25) is 24.0 Å². The van der Waals surface area contributed by atoms with Crippen LogP contribution in [0.15, 0.2) is 0 Å². The lowest BCUT2D eigenvalue weighted by Gasteiger charge is -2.19. The molecule has 0 aliphatic heterocycles. The molecular weight excluding hydrogens is 342 g/mol. The number of ether oxygens (including phenoxy) is 1. The van der Waals surface area contributed by atoms with Crippen molar-refractivity contribution in [2.45, 2.75) is 46.6 Å². The highest BCUT2D eigenvalue weighted by Gasteiger charge is 2.23. The van der Waals surface area contributed by atoms with Crippen molar-refractivity contribution in [1.29, 1.82) is 0 Å². The van der Waals surface area contributed by atoms with Crippen LogP contribution >= 0.6 is 0 Å². The molecule has 3 N–H and O–H groups in total. The summed E-state index contributed by atoms with van der Waals surface area (Å²) in [5.74, 6) is -3.27. The summed E-state index contributed by atoms with van der Waals surface area (Å²) in [5.41, 5.74) is 0. The van der Waals surface area contributed by atoms with E-state index in [1.54, 1.807) is 6.92 Å². The number of rotatable bonds is 11. The van der Waals surface area contributed by atoms with Gasteiger partial charge < -0.3 is 20.7 Å². The van der Waals surface area contributed by atoms with E-state index in [0.717, 1.165) is 0 Å². The first-order chi connectivity index (χ1) is 12.1. The summed E-state index contributed by atoms with van der Waals surface area (Å²) in [5, 5.41) is 7.38. The maximum Gasteiger partial charge on any atom is 0.315 e. The Balaban J connectivity index is 4.44. The van der Waals surface area contributed by atoms with Gasteiger partial charge in [0.25, 0.3) is 0 Å². The summed E-state index contributed by atoms with van der Waals surface area (Å²) in [7, 11) is 1.17. The van der Waals surface area contributed by atoms with Crippen LogP contribution in [-0.4, -0.2) is 55.7 Å². The standard InChI is InChI=1S/C17H29N3O6/c1-6-14(22)20-12(7-10(2)3)16(24)19-9-15(23)18-8-13(21)11(4)17(25)26-5/h10-12H,6-9H2,1-5H3,(H,18,23)(H,19,24)(H,20,22). The fourth-order valence-corrected chi connectivity index (χ4v) is 2.00. The number of carbonyl (C=O) groups is 5. The van der Waals surface area contributed by atoms with E-state index in [-0.39, 0.29) is 31.3 Å². The number of carbonyl (C=O) groups excluding carboxylic acids is 5. The number of hydrogen-bond donors (Lipinski definition) is 3. The normalized spacial score (nSPS) is 12.7. The minimum Gasteiger partial charge on any atom is -0.468 e. The zero-order chi connectivity index (χ0) is 20.3. The summed E-state index contributed by atoms with van der Waals surface area (Å²) >= 11 is 0. The molecule has 2 atom stereocenters. The van der Waals surface area contributed by atoms with Crippen molar-refractivity contribution in [3.63, 3.8) is 0 Å². The Morgan fingerprint density at radius 3 is 2.04 bits per heavy atom. The van der Waals surface area contributed by atoms with Crippen LogP contribution in [-0.2, 0) is 28.7 Å². The van der Waals surface area contributed by atoms with E-state index in [9.17, 15) is 24.0 Å². The molecule has 0 heterocycles. The smallest absolute Gasteiger partial charge is 0.315 e. The Hall–Kier alpha value is -2.45. The molecule has 26 heavy (non-hydrogen) atoms. The van der Waals surface area contributed by atoms with Gasteiger partial charge in [-0.1, -0.05) is 20.8 Å². The number of Topliss-reactive ketones (excluding diaryl/α,β-unsaturated/α-hetero) is 1. The Bertz CT molecular complexity index is 533. The number of ketones is 1. The molecule has 0 fully saturated rings. The van der Waals surface area contributed by atoms with Gasteiger partial charge in [0.1, 0.15) is 12.0 Å². The lowest BCUT2D eigenvalue weighted by Crippen LogP contribution is -2.49. The highest BCUT2D eigenvalue weighted by molar-refractivity contribution is 6.01. The number of methoxy groups -OCH3 is 1. The molecule has 0 radical (unpaired) electrons. The van der Waals surface area contributed by atoms with Crippen molar-refractivity contribution >= 4 is 29.5 Å². The van der Waals surface area contributed by atoms with Crippen LogP contribution < -0.4 is 16.0 Å². The van der Waals surface area contributed by atoms with E-state index >= 15 is 0 Å². The third-order valence-electron chi connectivity index (χ3n) is 3.60.